The number of nitriles is 1. The molecule has 0 aliphatic carbocycles. The molecule has 0 aromatic heterocycles. The van der Waals surface area contributed by atoms with Crippen LogP contribution in [0.4, 0.5) is 0 Å². The van der Waals surface area contributed by atoms with Crippen molar-refractivity contribution in [1.29, 1.82) is 5.26 Å². The van der Waals surface area contributed by atoms with Gasteiger partial charge in [-0.15, -0.1) is 0 Å². The summed E-state index contributed by atoms with van der Waals surface area (Å²) in [5, 5.41) is 13.3. The zero-order valence-electron chi connectivity index (χ0n) is 13.3. The maximum absolute atomic E-state index is 12.0. The minimum Gasteiger partial charge on any atom is -0.496 e. The second-order valence-corrected chi connectivity index (χ2v) is 4.62. The maximum atomic E-state index is 12.0. The quantitative estimate of drug-likeness (QED) is 0.498. The van der Waals surface area contributed by atoms with Gasteiger partial charge in [0.25, 0.3) is 11.8 Å². The van der Waals surface area contributed by atoms with Gasteiger partial charge in [-0.25, -0.2) is 0 Å². The van der Waals surface area contributed by atoms with Crippen LogP contribution in [0.25, 0.3) is 0 Å². The van der Waals surface area contributed by atoms with Crippen LogP contribution in [-0.4, -0.2) is 44.6 Å². The summed E-state index contributed by atoms with van der Waals surface area (Å²) >= 11 is 0. The van der Waals surface area contributed by atoms with Crippen molar-refractivity contribution < 1.29 is 23.9 Å². The number of rotatable bonds is 9. The normalized spacial score (nSPS) is 9.50. The molecule has 0 saturated carbocycles. The Labute approximate surface area is 139 Å². The number of nitrogens with one attached hydrogen (secondary N) is 2. The lowest BCUT2D eigenvalue weighted by molar-refractivity contribution is -0.148. The van der Waals surface area contributed by atoms with Crippen molar-refractivity contribution >= 4 is 17.8 Å². The second kappa shape index (κ2) is 10.6. The van der Waals surface area contributed by atoms with Gasteiger partial charge in [0.2, 0.25) is 0 Å². The van der Waals surface area contributed by atoms with Crippen LogP contribution in [0.3, 0.4) is 0 Å². The van der Waals surface area contributed by atoms with Crippen LogP contribution in [0, 0.1) is 11.3 Å². The Hall–Kier alpha value is -3.08. The van der Waals surface area contributed by atoms with Crippen LogP contribution < -0.4 is 15.4 Å². The number of hydrogen-bond donors (Lipinski definition) is 2. The molecule has 0 atom stereocenters. The van der Waals surface area contributed by atoms with E-state index in [1.165, 1.54) is 7.11 Å². The Bertz CT molecular complexity index is 624. The topological polar surface area (TPSA) is 118 Å². The number of esters is 1. The number of hydrogen-bond acceptors (Lipinski definition) is 6. The van der Waals surface area contributed by atoms with E-state index in [2.05, 4.69) is 10.6 Å². The molecule has 0 spiro atoms. The Kier molecular flexibility index (Phi) is 8.39. The van der Waals surface area contributed by atoms with Crippen molar-refractivity contribution in [2.75, 3.05) is 26.8 Å². The lowest BCUT2D eigenvalue weighted by Gasteiger charge is -2.09. The van der Waals surface area contributed by atoms with Crippen LogP contribution >= 0.6 is 0 Å². The van der Waals surface area contributed by atoms with Crippen LogP contribution in [0.2, 0.25) is 0 Å². The Morgan fingerprint density at radius 1 is 1.17 bits per heavy atom. The first-order valence-electron chi connectivity index (χ1n) is 7.29. The van der Waals surface area contributed by atoms with E-state index in [0.717, 1.165) is 0 Å². The van der Waals surface area contributed by atoms with Gasteiger partial charge >= 0.3 is 5.97 Å². The van der Waals surface area contributed by atoms with Gasteiger partial charge < -0.3 is 20.1 Å². The van der Waals surface area contributed by atoms with Crippen molar-refractivity contribution in [3.05, 3.63) is 29.8 Å². The molecule has 0 unspecified atom stereocenters. The molecule has 24 heavy (non-hydrogen) atoms. The number of benzene rings is 1. The summed E-state index contributed by atoms with van der Waals surface area (Å²) in [6.45, 7) is -0.127. The molecular weight excluding hydrogens is 314 g/mol. The summed E-state index contributed by atoms with van der Waals surface area (Å²) in [6.07, 6.45) is 0.126. The third-order valence-electron chi connectivity index (χ3n) is 2.89. The number of methoxy groups -OCH3 is 1. The number of nitrogens with zero attached hydrogens (tertiary/aromatic N) is 1. The first-order chi connectivity index (χ1) is 11.6. The highest BCUT2D eigenvalue weighted by Crippen LogP contribution is 2.16. The number of carbonyl (C=O) groups excluding carboxylic acids is 3. The van der Waals surface area contributed by atoms with Crippen molar-refractivity contribution in [3.8, 4) is 11.8 Å². The molecule has 1 rings (SSSR count). The molecule has 8 nitrogen and oxygen atoms in total. The lowest BCUT2D eigenvalue weighted by atomic mass is 10.2. The Morgan fingerprint density at radius 2 is 1.92 bits per heavy atom. The highest BCUT2D eigenvalue weighted by atomic mass is 16.5. The molecule has 0 aliphatic heterocycles. The van der Waals surface area contributed by atoms with Crippen LogP contribution in [0.5, 0.6) is 5.75 Å². The summed E-state index contributed by atoms with van der Waals surface area (Å²) in [4.78, 5) is 34.8. The zero-order valence-corrected chi connectivity index (χ0v) is 13.3. The summed E-state index contributed by atoms with van der Waals surface area (Å²) < 4.78 is 9.84. The van der Waals surface area contributed by atoms with Crippen molar-refractivity contribution in [2.24, 2.45) is 0 Å². The average molecular weight is 333 g/mol. The highest BCUT2D eigenvalue weighted by Gasteiger charge is 2.12. The van der Waals surface area contributed by atoms with Gasteiger partial charge in [0.1, 0.15) is 5.75 Å². The second-order valence-electron chi connectivity index (χ2n) is 4.62. The molecule has 8 heteroatoms. The van der Waals surface area contributed by atoms with E-state index in [0.29, 0.717) is 11.3 Å². The lowest BCUT2D eigenvalue weighted by Crippen LogP contribution is -2.31. The van der Waals surface area contributed by atoms with Crippen LogP contribution in [-0.2, 0) is 14.3 Å². The molecule has 128 valence electrons. The van der Waals surface area contributed by atoms with Gasteiger partial charge in [-0.05, 0) is 12.1 Å². The predicted octanol–water partition coefficient (Wildman–Crippen LogP) is 0.388. The average Bonchev–Trinajstić information content (AvgIpc) is 2.60. The number of ether oxygens (including phenoxy) is 2. The molecular formula is C16H19N3O5. The third kappa shape index (κ3) is 6.79. The van der Waals surface area contributed by atoms with E-state index in [9.17, 15) is 14.4 Å². The summed E-state index contributed by atoms with van der Waals surface area (Å²) in [5.41, 5.74) is 0.366. The smallest absolute Gasteiger partial charge is 0.308 e. The van der Waals surface area contributed by atoms with E-state index >= 15 is 0 Å². The largest absolute Gasteiger partial charge is 0.496 e. The minimum atomic E-state index is -0.606. The molecule has 1 aromatic rings. The van der Waals surface area contributed by atoms with E-state index in [-0.39, 0.29) is 31.8 Å². The Balaban J connectivity index is 2.27. The number of amides is 2. The standard InChI is InChI=1S/C16H19N3O5/c1-23-13-6-3-2-5-12(13)16(22)19-10-7-15(21)24-11-14(20)18-9-4-8-17/h2-3,5-6H,4,7,9-11H2,1H3,(H,18,20)(H,19,22). The van der Waals surface area contributed by atoms with Crippen LogP contribution in [0.1, 0.15) is 23.2 Å². The summed E-state index contributed by atoms with van der Waals surface area (Å²) in [7, 11) is 1.46. The highest BCUT2D eigenvalue weighted by molar-refractivity contribution is 5.97. The first kappa shape index (κ1) is 19.0. The molecule has 2 N–H and O–H groups in total. The fourth-order valence-corrected chi connectivity index (χ4v) is 1.73. The van der Waals surface area contributed by atoms with Gasteiger partial charge in [-0.3, -0.25) is 14.4 Å². The third-order valence-corrected chi connectivity index (χ3v) is 2.89. The van der Waals surface area contributed by atoms with Gasteiger partial charge in [-0.1, -0.05) is 12.1 Å². The molecule has 1 aromatic carbocycles. The Morgan fingerprint density at radius 3 is 2.62 bits per heavy atom. The van der Waals surface area contributed by atoms with E-state index < -0.39 is 18.5 Å². The summed E-state index contributed by atoms with van der Waals surface area (Å²) in [5.74, 6) is -1.01. The van der Waals surface area contributed by atoms with Gasteiger partial charge in [0.15, 0.2) is 6.61 Å². The SMILES string of the molecule is COc1ccccc1C(=O)NCCC(=O)OCC(=O)NCCC#N. The van der Waals surface area contributed by atoms with Crippen molar-refractivity contribution in [1.82, 2.24) is 10.6 Å². The fourth-order valence-electron chi connectivity index (χ4n) is 1.73. The van der Waals surface area contributed by atoms with Gasteiger partial charge in [0, 0.05) is 13.1 Å². The minimum absolute atomic E-state index is 0.0631. The van der Waals surface area contributed by atoms with E-state index in [1.807, 2.05) is 6.07 Å². The molecule has 2 amide bonds. The van der Waals surface area contributed by atoms with Crippen molar-refractivity contribution in [3.63, 3.8) is 0 Å². The van der Waals surface area contributed by atoms with Gasteiger partial charge in [-0.2, -0.15) is 5.26 Å². The van der Waals surface area contributed by atoms with E-state index in [4.69, 9.17) is 14.7 Å². The maximum Gasteiger partial charge on any atom is 0.308 e. The molecule has 0 fully saturated rings. The van der Waals surface area contributed by atoms with Gasteiger partial charge in [0.05, 0.1) is 31.6 Å². The zero-order chi connectivity index (χ0) is 17.8. The van der Waals surface area contributed by atoms with Crippen LogP contribution in [0.15, 0.2) is 24.3 Å². The number of carbonyl (C=O) groups is 3. The summed E-state index contributed by atoms with van der Waals surface area (Å²) in [6, 6.07) is 8.60. The molecule has 0 bridgehead atoms. The molecule has 0 saturated heterocycles. The van der Waals surface area contributed by atoms with E-state index in [1.54, 1.807) is 24.3 Å². The predicted molar refractivity (Wildman–Crippen MR) is 84.1 cm³/mol. The molecule has 0 radical (unpaired) electrons. The monoisotopic (exact) mass is 333 g/mol. The first-order valence-corrected chi connectivity index (χ1v) is 7.29. The molecule has 0 aliphatic rings. The number of para-hydroxylation sites is 1. The van der Waals surface area contributed by atoms with Crippen molar-refractivity contribution in [2.45, 2.75) is 12.8 Å². The molecule has 0 heterocycles. The fraction of sp³-hybridized carbons (Fsp3) is 0.375.